The molecule has 5 heteroatoms. The van der Waals surface area contributed by atoms with Gasteiger partial charge in [0.05, 0.1) is 5.54 Å². The minimum atomic E-state index is -0.800. The summed E-state index contributed by atoms with van der Waals surface area (Å²) in [6.07, 6.45) is 0.177. The first-order chi connectivity index (χ1) is 10.9. The van der Waals surface area contributed by atoms with E-state index in [1.807, 2.05) is 7.05 Å². The molecule has 1 aromatic carbocycles. The topological polar surface area (TPSA) is 55.8 Å². The second-order valence-corrected chi connectivity index (χ2v) is 6.76. The van der Waals surface area contributed by atoms with E-state index in [0.29, 0.717) is 12.5 Å². The molecule has 0 spiro atoms. The number of anilines is 1. The summed E-state index contributed by atoms with van der Waals surface area (Å²) in [6.45, 7) is 9.38. The van der Waals surface area contributed by atoms with Crippen LogP contribution in [0.3, 0.4) is 0 Å². The fourth-order valence-electron chi connectivity index (χ4n) is 3.46. The standard InChI is InChI=1S/C18H29N3O2/c1-5-14(2)18(3)13-20(10-11-21(18)17(22)23)12-15-6-8-16(19-4)9-7-15/h6-9,14,19H,5,10-13H2,1-4H3,(H,22,23)/t14?,18-/m1/s1. The summed E-state index contributed by atoms with van der Waals surface area (Å²) in [4.78, 5) is 15.6. The first-order valence-electron chi connectivity index (χ1n) is 8.40. The quantitative estimate of drug-likeness (QED) is 0.874. The summed E-state index contributed by atoms with van der Waals surface area (Å²) >= 11 is 0. The van der Waals surface area contributed by atoms with E-state index >= 15 is 0 Å². The molecule has 2 rings (SSSR count). The molecule has 23 heavy (non-hydrogen) atoms. The van der Waals surface area contributed by atoms with Crippen molar-refractivity contribution in [1.82, 2.24) is 9.80 Å². The Hall–Kier alpha value is -1.75. The summed E-state index contributed by atoms with van der Waals surface area (Å²) in [5, 5.41) is 12.7. The third kappa shape index (κ3) is 3.78. The van der Waals surface area contributed by atoms with Crippen LogP contribution in [0.5, 0.6) is 0 Å². The zero-order valence-electron chi connectivity index (χ0n) is 14.7. The Balaban J connectivity index is 2.11. The van der Waals surface area contributed by atoms with Gasteiger partial charge in [-0.15, -0.1) is 0 Å². The van der Waals surface area contributed by atoms with Crippen molar-refractivity contribution in [2.75, 3.05) is 32.0 Å². The van der Waals surface area contributed by atoms with Gasteiger partial charge in [-0.05, 0) is 30.5 Å². The SMILES string of the molecule is CCC(C)[C@@]1(C)CN(Cc2ccc(NC)cc2)CCN1C(=O)O. The van der Waals surface area contributed by atoms with Crippen LogP contribution in [0.25, 0.3) is 0 Å². The second-order valence-electron chi connectivity index (χ2n) is 6.76. The molecule has 2 atom stereocenters. The smallest absolute Gasteiger partial charge is 0.407 e. The zero-order chi connectivity index (χ0) is 17.0. The molecule has 5 nitrogen and oxygen atoms in total. The Kier molecular flexibility index (Phi) is 5.52. The van der Waals surface area contributed by atoms with Gasteiger partial charge in [-0.25, -0.2) is 4.79 Å². The molecule has 0 radical (unpaired) electrons. The van der Waals surface area contributed by atoms with E-state index in [2.05, 4.69) is 55.3 Å². The van der Waals surface area contributed by atoms with Gasteiger partial charge >= 0.3 is 6.09 Å². The van der Waals surface area contributed by atoms with E-state index in [0.717, 1.165) is 31.7 Å². The minimum absolute atomic E-state index is 0.327. The van der Waals surface area contributed by atoms with E-state index < -0.39 is 6.09 Å². The maximum atomic E-state index is 11.6. The van der Waals surface area contributed by atoms with Crippen molar-refractivity contribution in [3.05, 3.63) is 29.8 Å². The maximum absolute atomic E-state index is 11.6. The minimum Gasteiger partial charge on any atom is -0.465 e. The van der Waals surface area contributed by atoms with Gasteiger partial charge in [-0.3, -0.25) is 4.90 Å². The lowest BCUT2D eigenvalue weighted by Crippen LogP contribution is -2.64. The van der Waals surface area contributed by atoms with Crippen LogP contribution in [0.2, 0.25) is 0 Å². The monoisotopic (exact) mass is 319 g/mol. The Labute approximate surface area is 139 Å². The van der Waals surface area contributed by atoms with E-state index in [9.17, 15) is 9.90 Å². The fraction of sp³-hybridized carbons (Fsp3) is 0.611. The molecule has 128 valence electrons. The van der Waals surface area contributed by atoms with Gasteiger partial charge in [0.15, 0.2) is 0 Å². The van der Waals surface area contributed by atoms with Gasteiger partial charge in [0.2, 0.25) is 0 Å². The third-order valence-electron chi connectivity index (χ3n) is 5.35. The molecule has 1 aliphatic heterocycles. The van der Waals surface area contributed by atoms with Gasteiger partial charge in [0, 0.05) is 38.9 Å². The predicted octanol–water partition coefficient (Wildman–Crippen LogP) is 3.33. The molecule has 1 unspecified atom stereocenters. The molecule has 1 heterocycles. The van der Waals surface area contributed by atoms with Crippen molar-refractivity contribution < 1.29 is 9.90 Å². The van der Waals surface area contributed by atoms with Crippen LogP contribution < -0.4 is 5.32 Å². The number of carboxylic acid groups (broad SMARTS) is 1. The van der Waals surface area contributed by atoms with E-state index in [4.69, 9.17) is 0 Å². The molecule has 0 aromatic heterocycles. The molecular formula is C18H29N3O2. The number of hydrogen-bond donors (Lipinski definition) is 2. The molecule has 0 saturated carbocycles. The van der Waals surface area contributed by atoms with Crippen molar-refractivity contribution in [2.24, 2.45) is 5.92 Å². The average Bonchev–Trinajstić information content (AvgIpc) is 2.54. The van der Waals surface area contributed by atoms with Crippen molar-refractivity contribution in [3.8, 4) is 0 Å². The van der Waals surface area contributed by atoms with Crippen molar-refractivity contribution in [3.63, 3.8) is 0 Å². The number of amides is 1. The highest BCUT2D eigenvalue weighted by molar-refractivity contribution is 5.66. The highest BCUT2D eigenvalue weighted by atomic mass is 16.4. The summed E-state index contributed by atoms with van der Waals surface area (Å²) in [5.41, 5.74) is 2.04. The van der Waals surface area contributed by atoms with Crippen LogP contribution in [-0.4, -0.2) is 53.2 Å². The van der Waals surface area contributed by atoms with Crippen LogP contribution in [-0.2, 0) is 6.54 Å². The van der Waals surface area contributed by atoms with Gasteiger partial charge in [-0.1, -0.05) is 32.4 Å². The van der Waals surface area contributed by atoms with Crippen molar-refractivity contribution >= 4 is 11.8 Å². The van der Waals surface area contributed by atoms with Crippen LogP contribution >= 0.6 is 0 Å². The molecule has 1 aromatic rings. The molecule has 1 aliphatic rings. The molecule has 1 amide bonds. The van der Waals surface area contributed by atoms with Crippen molar-refractivity contribution in [2.45, 2.75) is 39.3 Å². The number of nitrogens with one attached hydrogen (secondary N) is 1. The number of carbonyl (C=O) groups is 1. The van der Waals surface area contributed by atoms with E-state index in [-0.39, 0.29) is 5.54 Å². The van der Waals surface area contributed by atoms with Crippen LogP contribution in [0.1, 0.15) is 32.8 Å². The second kappa shape index (κ2) is 7.21. The summed E-state index contributed by atoms with van der Waals surface area (Å²) in [5.74, 6) is 0.327. The lowest BCUT2D eigenvalue weighted by atomic mass is 9.81. The third-order valence-corrected chi connectivity index (χ3v) is 5.35. The largest absolute Gasteiger partial charge is 0.465 e. The first kappa shape index (κ1) is 17.6. The highest BCUT2D eigenvalue weighted by Gasteiger charge is 2.43. The lowest BCUT2D eigenvalue weighted by Gasteiger charge is -2.50. The van der Waals surface area contributed by atoms with Crippen LogP contribution in [0.15, 0.2) is 24.3 Å². The number of hydrogen-bond acceptors (Lipinski definition) is 3. The molecular weight excluding hydrogens is 290 g/mol. The fourth-order valence-corrected chi connectivity index (χ4v) is 3.46. The predicted molar refractivity (Wildman–Crippen MR) is 93.9 cm³/mol. The number of piperazine rings is 1. The molecule has 1 fully saturated rings. The zero-order valence-corrected chi connectivity index (χ0v) is 14.7. The molecule has 2 N–H and O–H groups in total. The molecule has 1 saturated heterocycles. The number of benzene rings is 1. The van der Waals surface area contributed by atoms with Crippen molar-refractivity contribution in [1.29, 1.82) is 0 Å². The number of nitrogens with zero attached hydrogens (tertiary/aromatic N) is 2. The van der Waals surface area contributed by atoms with Crippen LogP contribution in [0, 0.1) is 5.92 Å². The average molecular weight is 319 g/mol. The Morgan fingerprint density at radius 3 is 2.52 bits per heavy atom. The van der Waals surface area contributed by atoms with Gasteiger partial charge in [0.1, 0.15) is 0 Å². The van der Waals surface area contributed by atoms with Crippen LogP contribution in [0.4, 0.5) is 10.5 Å². The Morgan fingerprint density at radius 1 is 1.35 bits per heavy atom. The Bertz CT molecular complexity index is 532. The summed E-state index contributed by atoms with van der Waals surface area (Å²) in [7, 11) is 1.91. The maximum Gasteiger partial charge on any atom is 0.407 e. The van der Waals surface area contributed by atoms with E-state index in [1.54, 1.807) is 4.90 Å². The molecule has 0 aliphatic carbocycles. The highest BCUT2D eigenvalue weighted by Crippen LogP contribution is 2.32. The normalized spacial score (nSPS) is 23.6. The van der Waals surface area contributed by atoms with Gasteiger partial charge in [-0.2, -0.15) is 0 Å². The van der Waals surface area contributed by atoms with Gasteiger partial charge in [0.25, 0.3) is 0 Å². The molecule has 0 bridgehead atoms. The first-order valence-corrected chi connectivity index (χ1v) is 8.40. The van der Waals surface area contributed by atoms with E-state index in [1.165, 1.54) is 5.56 Å². The number of rotatable bonds is 5. The summed E-state index contributed by atoms with van der Waals surface area (Å²) in [6, 6.07) is 8.43. The summed E-state index contributed by atoms with van der Waals surface area (Å²) < 4.78 is 0. The lowest BCUT2D eigenvalue weighted by molar-refractivity contribution is -0.0170. The van der Waals surface area contributed by atoms with Gasteiger partial charge < -0.3 is 15.3 Å². The Morgan fingerprint density at radius 2 is 2.00 bits per heavy atom.